The van der Waals surface area contributed by atoms with E-state index >= 15 is 0 Å². The minimum atomic E-state index is -0.804. The van der Waals surface area contributed by atoms with E-state index in [0.717, 1.165) is 30.4 Å². The van der Waals surface area contributed by atoms with Crippen LogP contribution in [0.1, 0.15) is 48.1 Å². The van der Waals surface area contributed by atoms with Gasteiger partial charge < -0.3 is 10.1 Å². The number of rotatable bonds is 5. The van der Waals surface area contributed by atoms with Gasteiger partial charge in [0, 0.05) is 0 Å². The molecular formula is C22H25NO3. The van der Waals surface area contributed by atoms with Crippen LogP contribution in [-0.2, 0) is 27.2 Å². The molecule has 26 heavy (non-hydrogen) atoms. The molecule has 3 rings (SSSR count). The summed E-state index contributed by atoms with van der Waals surface area (Å²) in [5, 5.41) is 3.04. The summed E-state index contributed by atoms with van der Waals surface area (Å²) in [7, 11) is 0. The van der Waals surface area contributed by atoms with Gasteiger partial charge in [0.15, 0.2) is 6.10 Å². The molecule has 0 saturated carbocycles. The molecular weight excluding hydrogens is 326 g/mol. The van der Waals surface area contributed by atoms with E-state index in [1.807, 2.05) is 43.3 Å². The molecule has 2 aromatic rings. The van der Waals surface area contributed by atoms with Crippen molar-refractivity contribution in [3.63, 3.8) is 0 Å². The summed E-state index contributed by atoms with van der Waals surface area (Å²) in [6.45, 7) is 3.62. The maximum absolute atomic E-state index is 12.5. The summed E-state index contributed by atoms with van der Waals surface area (Å²) in [5.74, 6) is -0.635. The Bertz CT molecular complexity index is 782. The van der Waals surface area contributed by atoms with Gasteiger partial charge in [0.1, 0.15) is 0 Å². The van der Waals surface area contributed by atoms with Crippen LogP contribution >= 0.6 is 0 Å². The normalized spacial score (nSPS) is 17.1. The van der Waals surface area contributed by atoms with Gasteiger partial charge in [-0.05, 0) is 49.8 Å². The highest BCUT2D eigenvalue weighted by molar-refractivity contribution is 5.84. The van der Waals surface area contributed by atoms with E-state index in [1.165, 1.54) is 11.1 Å². The van der Waals surface area contributed by atoms with E-state index in [1.54, 1.807) is 6.92 Å². The second-order valence-electron chi connectivity index (χ2n) is 6.95. The molecule has 1 aliphatic rings. The number of aryl methyl sites for hydroxylation is 2. The number of amides is 1. The number of ether oxygens (including phenoxy) is 1. The molecule has 0 fully saturated rings. The summed E-state index contributed by atoms with van der Waals surface area (Å²) < 4.78 is 5.32. The second-order valence-corrected chi connectivity index (χ2v) is 6.95. The highest BCUT2D eigenvalue weighted by atomic mass is 16.5. The number of carbonyl (C=O) groups is 2. The van der Waals surface area contributed by atoms with E-state index in [4.69, 9.17) is 4.74 Å². The average molecular weight is 351 g/mol. The molecule has 4 heteroatoms. The van der Waals surface area contributed by atoms with Crippen molar-refractivity contribution in [2.24, 2.45) is 0 Å². The van der Waals surface area contributed by atoms with Gasteiger partial charge in [-0.2, -0.15) is 0 Å². The van der Waals surface area contributed by atoms with Crippen molar-refractivity contribution in [1.29, 1.82) is 0 Å². The fourth-order valence-corrected chi connectivity index (χ4v) is 3.36. The lowest BCUT2D eigenvalue weighted by Crippen LogP contribution is -2.39. The minimum Gasteiger partial charge on any atom is -0.452 e. The highest BCUT2D eigenvalue weighted by Gasteiger charge is 2.25. The molecule has 1 amide bonds. The number of hydrogen-bond donors (Lipinski definition) is 1. The zero-order valence-corrected chi connectivity index (χ0v) is 15.3. The molecule has 0 unspecified atom stereocenters. The maximum atomic E-state index is 12.5. The smallest absolute Gasteiger partial charge is 0.311 e. The van der Waals surface area contributed by atoms with Crippen molar-refractivity contribution in [2.45, 2.75) is 51.7 Å². The molecule has 0 heterocycles. The lowest BCUT2D eigenvalue weighted by molar-refractivity contribution is -0.154. The number of hydrogen-bond acceptors (Lipinski definition) is 3. The van der Waals surface area contributed by atoms with Crippen molar-refractivity contribution in [2.75, 3.05) is 0 Å². The molecule has 0 aromatic heterocycles. The second kappa shape index (κ2) is 8.17. The van der Waals surface area contributed by atoms with Crippen LogP contribution in [0.15, 0.2) is 48.5 Å². The number of benzene rings is 2. The van der Waals surface area contributed by atoms with Crippen LogP contribution in [0.25, 0.3) is 0 Å². The highest BCUT2D eigenvalue weighted by Crippen LogP contribution is 2.29. The molecule has 0 spiro atoms. The Hall–Kier alpha value is -2.62. The van der Waals surface area contributed by atoms with Gasteiger partial charge in [0.05, 0.1) is 12.5 Å². The largest absolute Gasteiger partial charge is 0.452 e. The van der Waals surface area contributed by atoms with Crippen LogP contribution in [0, 0.1) is 6.92 Å². The van der Waals surface area contributed by atoms with Gasteiger partial charge in [0.2, 0.25) is 0 Å². The van der Waals surface area contributed by atoms with Gasteiger partial charge in [-0.3, -0.25) is 9.59 Å². The molecule has 2 aromatic carbocycles. The monoisotopic (exact) mass is 351 g/mol. The standard InChI is InChI=1S/C22H25NO3/c1-15-10-12-17(13-11-15)14-21(24)26-16(2)22(25)23-20-9-5-7-18-6-3-4-8-19(18)20/h3-4,6,8,10-13,16,20H,5,7,9,14H2,1-2H3,(H,23,25)/t16-,20-/m0/s1. The first-order valence-electron chi connectivity index (χ1n) is 9.16. The Kier molecular flexibility index (Phi) is 5.71. The van der Waals surface area contributed by atoms with Gasteiger partial charge in [-0.15, -0.1) is 0 Å². The summed E-state index contributed by atoms with van der Waals surface area (Å²) in [4.78, 5) is 24.6. The molecule has 0 saturated heterocycles. The maximum Gasteiger partial charge on any atom is 0.311 e. The Morgan fingerprint density at radius 2 is 1.88 bits per heavy atom. The lowest BCUT2D eigenvalue weighted by Gasteiger charge is -2.27. The molecule has 4 nitrogen and oxygen atoms in total. The Balaban J connectivity index is 1.55. The van der Waals surface area contributed by atoms with Crippen LogP contribution in [0.4, 0.5) is 0 Å². The number of esters is 1. The number of nitrogens with one attached hydrogen (secondary N) is 1. The third-order valence-corrected chi connectivity index (χ3v) is 4.83. The molecule has 0 bridgehead atoms. The van der Waals surface area contributed by atoms with Crippen LogP contribution in [0.5, 0.6) is 0 Å². The molecule has 136 valence electrons. The Morgan fingerprint density at radius 3 is 2.65 bits per heavy atom. The first-order chi connectivity index (χ1) is 12.5. The molecule has 0 aliphatic heterocycles. The van der Waals surface area contributed by atoms with Crippen molar-refractivity contribution >= 4 is 11.9 Å². The van der Waals surface area contributed by atoms with Crippen LogP contribution in [0.3, 0.4) is 0 Å². The average Bonchev–Trinajstić information content (AvgIpc) is 2.64. The first kappa shape index (κ1) is 18.2. The van der Waals surface area contributed by atoms with Gasteiger partial charge in [-0.1, -0.05) is 54.1 Å². The fraction of sp³-hybridized carbons (Fsp3) is 0.364. The quantitative estimate of drug-likeness (QED) is 0.837. The predicted molar refractivity (Wildman–Crippen MR) is 101 cm³/mol. The zero-order chi connectivity index (χ0) is 18.5. The van der Waals surface area contributed by atoms with Crippen molar-refractivity contribution in [3.05, 3.63) is 70.8 Å². The summed E-state index contributed by atoms with van der Waals surface area (Å²) in [6.07, 6.45) is 2.37. The van der Waals surface area contributed by atoms with E-state index in [9.17, 15) is 9.59 Å². The van der Waals surface area contributed by atoms with Crippen LogP contribution in [0.2, 0.25) is 0 Å². The number of fused-ring (bicyclic) bond motifs is 1. The molecule has 2 atom stereocenters. The summed E-state index contributed by atoms with van der Waals surface area (Å²) in [5.41, 5.74) is 4.48. The first-order valence-corrected chi connectivity index (χ1v) is 9.16. The molecule has 1 aliphatic carbocycles. The van der Waals surface area contributed by atoms with E-state index in [0.29, 0.717) is 0 Å². The Morgan fingerprint density at radius 1 is 1.15 bits per heavy atom. The fourth-order valence-electron chi connectivity index (χ4n) is 3.36. The van der Waals surface area contributed by atoms with E-state index in [-0.39, 0.29) is 24.3 Å². The Labute approximate surface area is 154 Å². The third-order valence-electron chi connectivity index (χ3n) is 4.83. The van der Waals surface area contributed by atoms with Gasteiger partial charge in [-0.25, -0.2) is 0 Å². The van der Waals surface area contributed by atoms with E-state index < -0.39 is 6.10 Å². The lowest BCUT2D eigenvalue weighted by atomic mass is 9.87. The molecule has 0 radical (unpaired) electrons. The van der Waals surface area contributed by atoms with Gasteiger partial charge in [0.25, 0.3) is 5.91 Å². The SMILES string of the molecule is Cc1ccc(CC(=O)O[C@@H](C)C(=O)N[C@H]2CCCc3ccccc32)cc1. The third kappa shape index (κ3) is 4.51. The molecule has 1 N–H and O–H groups in total. The van der Waals surface area contributed by atoms with Crippen LogP contribution in [-0.4, -0.2) is 18.0 Å². The zero-order valence-electron chi connectivity index (χ0n) is 15.3. The minimum absolute atomic E-state index is 0.00861. The topological polar surface area (TPSA) is 55.4 Å². The van der Waals surface area contributed by atoms with Crippen LogP contribution < -0.4 is 5.32 Å². The number of carbonyl (C=O) groups excluding carboxylic acids is 2. The van der Waals surface area contributed by atoms with Crippen molar-refractivity contribution < 1.29 is 14.3 Å². The van der Waals surface area contributed by atoms with Crippen molar-refractivity contribution in [1.82, 2.24) is 5.32 Å². The van der Waals surface area contributed by atoms with Crippen molar-refractivity contribution in [3.8, 4) is 0 Å². The summed E-state index contributed by atoms with van der Waals surface area (Å²) in [6, 6.07) is 15.9. The predicted octanol–water partition coefficient (Wildman–Crippen LogP) is 3.66. The summed E-state index contributed by atoms with van der Waals surface area (Å²) >= 11 is 0. The van der Waals surface area contributed by atoms with Gasteiger partial charge >= 0.3 is 5.97 Å². The van der Waals surface area contributed by atoms with E-state index in [2.05, 4.69) is 17.4 Å².